The topological polar surface area (TPSA) is 193 Å². The van der Waals surface area contributed by atoms with Gasteiger partial charge in [-0.2, -0.15) is 0 Å². The van der Waals surface area contributed by atoms with Crippen molar-refractivity contribution in [3.63, 3.8) is 0 Å². The minimum atomic E-state index is -3.54. The van der Waals surface area contributed by atoms with Gasteiger partial charge in [0.1, 0.15) is 39.9 Å². The van der Waals surface area contributed by atoms with Gasteiger partial charge < -0.3 is 19.6 Å². The Hall–Kier alpha value is -3.52. The first-order chi connectivity index (χ1) is 23.7. The molecule has 2 aliphatic rings. The summed E-state index contributed by atoms with van der Waals surface area (Å²) in [5.41, 5.74) is 2.12. The van der Waals surface area contributed by atoms with E-state index in [1.54, 1.807) is 56.8 Å². The molecule has 21 heteroatoms. The molecule has 2 atom stereocenters. The van der Waals surface area contributed by atoms with Crippen molar-refractivity contribution >= 4 is 83.3 Å². The zero-order valence-corrected chi connectivity index (χ0v) is 30.6. The van der Waals surface area contributed by atoms with Gasteiger partial charge in [-0.1, -0.05) is 21.8 Å². The number of carbonyl (C=O) groups excluding carboxylic acids is 3. The maximum Gasteiger partial charge on any atom is 0.434 e. The summed E-state index contributed by atoms with van der Waals surface area (Å²) in [6, 6.07) is 6.23. The van der Waals surface area contributed by atoms with Crippen LogP contribution in [0.25, 0.3) is 0 Å². The Balaban J connectivity index is 1.16. The highest BCUT2D eigenvalue weighted by atomic mass is 32.2. The van der Waals surface area contributed by atoms with E-state index in [0.717, 1.165) is 21.6 Å². The Labute approximate surface area is 298 Å². The summed E-state index contributed by atoms with van der Waals surface area (Å²) in [6.07, 6.45) is 2.55. The van der Waals surface area contributed by atoms with Gasteiger partial charge in [0, 0.05) is 16.9 Å². The van der Waals surface area contributed by atoms with E-state index < -0.39 is 36.9 Å². The van der Waals surface area contributed by atoms with Gasteiger partial charge in [-0.25, -0.2) is 14.3 Å². The lowest BCUT2D eigenvalue weighted by molar-refractivity contribution is -0.153. The Kier molecular flexibility index (Phi) is 13.1. The van der Waals surface area contributed by atoms with E-state index in [2.05, 4.69) is 30.1 Å². The summed E-state index contributed by atoms with van der Waals surface area (Å²) >= 11 is 5.30. The molecule has 0 aliphatic carbocycles. The highest BCUT2D eigenvalue weighted by Gasteiger charge is 2.54. The van der Waals surface area contributed by atoms with E-state index in [1.807, 2.05) is 0 Å². The fourth-order valence-corrected chi connectivity index (χ4v) is 9.63. The van der Waals surface area contributed by atoms with Crippen LogP contribution < -0.4 is 15.1 Å². The quantitative estimate of drug-likeness (QED) is 0.0465. The number of β-lactam (4-membered cyclic amide) rings is 1. The van der Waals surface area contributed by atoms with Gasteiger partial charge in [-0.3, -0.25) is 28.6 Å². The number of benzene rings is 1. The summed E-state index contributed by atoms with van der Waals surface area (Å²) in [6.45, 7) is 3.70. The third kappa shape index (κ3) is 9.59. The molecule has 3 aromatic rings. The van der Waals surface area contributed by atoms with Crippen molar-refractivity contribution in [2.75, 3.05) is 36.9 Å². The Morgan fingerprint density at radius 3 is 2.65 bits per heavy atom. The fraction of sp³-hybridized carbons (Fsp3) is 0.393. The fourth-order valence-electron chi connectivity index (χ4n) is 4.46. The Bertz CT molecular complexity index is 1710. The minimum absolute atomic E-state index is 0.00204. The zero-order chi connectivity index (χ0) is 34.8. The molecule has 4 heterocycles. The predicted octanol–water partition coefficient (Wildman–Crippen LogP) is 4.29. The lowest BCUT2D eigenvalue weighted by Crippen LogP contribution is -2.70. The molecule has 2 aromatic heterocycles. The number of esters is 1. The second kappa shape index (κ2) is 17.4. The standard InChI is InChI=1S/C28H32N7O9PS4/c1-4-43-45(39,44-5-2)33-28-31-19(16-48-28)13-42-30-10-21(36)32-23-25(37)35-24(27(38)41-12-17-6-8-20(40-3)9-7-17)18(15-47-26(23)35)14-46-22-11-29-34-49-22/h6-11,16,23,26H,4-5,12-15H2,1-3H3,(H,32,36)(H,31,33,39)/t23-,26-/m1/s1. The van der Waals surface area contributed by atoms with Crippen LogP contribution in [0.2, 0.25) is 0 Å². The summed E-state index contributed by atoms with van der Waals surface area (Å²) in [5, 5.41) is 14.3. The molecule has 1 saturated heterocycles. The number of nitrogens with zero attached hydrogens (tertiary/aromatic N) is 5. The number of hydrogen-bond donors (Lipinski definition) is 2. The van der Waals surface area contributed by atoms with Crippen molar-refractivity contribution in [3.05, 3.63) is 58.4 Å². The van der Waals surface area contributed by atoms with Gasteiger partial charge in [0.2, 0.25) is 0 Å². The molecule has 2 N–H and O–H groups in total. The molecular formula is C28H32N7O9PS4. The highest BCUT2D eigenvalue weighted by Crippen LogP contribution is 2.48. The third-order valence-electron chi connectivity index (χ3n) is 6.64. The number of oxime groups is 1. The second-order valence-corrected chi connectivity index (χ2v) is 15.7. The number of methoxy groups -OCH3 is 1. The summed E-state index contributed by atoms with van der Waals surface area (Å²) in [5.74, 6) is -0.187. The zero-order valence-electron chi connectivity index (χ0n) is 26.4. The van der Waals surface area contributed by atoms with Gasteiger partial charge in [0.05, 0.1) is 32.2 Å². The van der Waals surface area contributed by atoms with Gasteiger partial charge in [-0.05, 0) is 48.6 Å². The first-order valence-corrected chi connectivity index (χ1v) is 19.9. The Morgan fingerprint density at radius 1 is 1.18 bits per heavy atom. The number of ether oxygens (including phenoxy) is 2. The van der Waals surface area contributed by atoms with E-state index in [4.69, 9.17) is 23.4 Å². The van der Waals surface area contributed by atoms with Crippen LogP contribution in [0.1, 0.15) is 25.1 Å². The number of carbonyl (C=O) groups is 3. The lowest BCUT2D eigenvalue weighted by atomic mass is 10.0. The smallest absolute Gasteiger partial charge is 0.434 e. The number of rotatable bonds is 18. The van der Waals surface area contributed by atoms with Crippen LogP contribution in [-0.2, 0) is 50.8 Å². The Morgan fingerprint density at radius 2 is 1.96 bits per heavy atom. The van der Waals surface area contributed by atoms with Crippen LogP contribution in [-0.4, -0.2) is 86.7 Å². The van der Waals surface area contributed by atoms with Crippen molar-refractivity contribution in [1.29, 1.82) is 0 Å². The molecule has 1 fully saturated rings. The minimum Gasteiger partial charge on any atom is -0.497 e. The second-order valence-electron chi connectivity index (χ2n) is 9.89. The van der Waals surface area contributed by atoms with E-state index in [0.29, 0.717) is 28.1 Å². The molecule has 2 aliphatic heterocycles. The largest absolute Gasteiger partial charge is 0.497 e. The summed E-state index contributed by atoms with van der Waals surface area (Å²) in [4.78, 5) is 50.3. The molecular weight excluding hydrogens is 738 g/mol. The van der Waals surface area contributed by atoms with Crippen molar-refractivity contribution < 1.29 is 42.3 Å². The van der Waals surface area contributed by atoms with Crippen molar-refractivity contribution in [1.82, 2.24) is 24.8 Å². The van der Waals surface area contributed by atoms with E-state index in [9.17, 15) is 18.9 Å². The number of thiazole rings is 1. The van der Waals surface area contributed by atoms with Crippen molar-refractivity contribution in [2.24, 2.45) is 5.16 Å². The number of anilines is 1. The van der Waals surface area contributed by atoms with Gasteiger partial charge in [0.25, 0.3) is 11.8 Å². The SMILES string of the molecule is CCOP(=O)(Nc1nc(CON=CC(=O)N[C@@H]2C(=O)N3C(C(=O)OCc4ccc(OC)cc4)=C(CSc4cnns4)CS[C@H]23)cs1)OCC. The molecule has 0 radical (unpaired) electrons. The van der Waals surface area contributed by atoms with Crippen molar-refractivity contribution in [3.8, 4) is 5.75 Å². The molecule has 1 aromatic carbocycles. The van der Waals surface area contributed by atoms with Gasteiger partial charge in [0.15, 0.2) is 11.7 Å². The first-order valence-electron chi connectivity index (χ1n) is 14.7. The molecule has 0 spiro atoms. The maximum atomic E-state index is 13.5. The normalized spacial score (nSPS) is 17.4. The third-order valence-corrected chi connectivity index (χ3v) is 12.5. The molecule has 49 heavy (non-hydrogen) atoms. The van der Waals surface area contributed by atoms with Crippen LogP contribution in [0.3, 0.4) is 0 Å². The maximum absolute atomic E-state index is 13.5. The molecule has 5 rings (SSSR count). The number of hydrogen-bond acceptors (Lipinski definition) is 17. The molecule has 16 nitrogen and oxygen atoms in total. The van der Waals surface area contributed by atoms with Gasteiger partial charge >= 0.3 is 13.7 Å². The van der Waals surface area contributed by atoms with Crippen LogP contribution in [0.15, 0.2) is 56.5 Å². The molecule has 0 bridgehead atoms. The first kappa shape index (κ1) is 36.8. The average Bonchev–Trinajstić information content (AvgIpc) is 3.79. The van der Waals surface area contributed by atoms with E-state index >= 15 is 0 Å². The van der Waals surface area contributed by atoms with E-state index in [-0.39, 0.29) is 32.1 Å². The van der Waals surface area contributed by atoms with Crippen LogP contribution in [0, 0.1) is 0 Å². The summed E-state index contributed by atoms with van der Waals surface area (Å²) in [7, 11) is -1.98. The number of thioether (sulfide) groups is 2. The average molecular weight is 770 g/mol. The van der Waals surface area contributed by atoms with E-state index in [1.165, 1.54) is 51.3 Å². The molecule has 0 saturated carbocycles. The monoisotopic (exact) mass is 769 g/mol. The number of nitrogens with one attached hydrogen (secondary N) is 2. The van der Waals surface area contributed by atoms with Crippen molar-refractivity contribution in [2.45, 2.75) is 42.7 Å². The predicted molar refractivity (Wildman–Crippen MR) is 185 cm³/mol. The summed E-state index contributed by atoms with van der Waals surface area (Å²) < 4.78 is 38.6. The number of amides is 2. The molecule has 2 amide bonds. The number of fused-ring (bicyclic) bond motifs is 1. The molecule has 262 valence electrons. The molecule has 0 unspecified atom stereocenters. The lowest BCUT2D eigenvalue weighted by Gasteiger charge is -2.49. The van der Waals surface area contributed by atoms with Gasteiger partial charge in [-0.15, -0.1) is 40.0 Å². The van der Waals surface area contributed by atoms with Crippen LogP contribution >= 0.6 is 54.1 Å². The van der Waals surface area contributed by atoms with Crippen LogP contribution in [0.4, 0.5) is 5.13 Å². The van der Waals surface area contributed by atoms with Crippen LogP contribution in [0.5, 0.6) is 5.75 Å². The highest BCUT2D eigenvalue weighted by molar-refractivity contribution is 8.01. The number of aromatic nitrogens is 3.